The lowest BCUT2D eigenvalue weighted by atomic mass is 10.1. The van der Waals surface area contributed by atoms with E-state index in [0.29, 0.717) is 34.4 Å². The normalized spacial score (nSPS) is 13.8. The average Bonchev–Trinajstić information content (AvgIpc) is 3.00. The Kier molecular flexibility index (Phi) is 4.76. The number of aryl methyl sites for hydroxylation is 2. The van der Waals surface area contributed by atoms with Crippen molar-refractivity contribution in [3.05, 3.63) is 46.1 Å². The third-order valence-corrected chi connectivity index (χ3v) is 5.09. The van der Waals surface area contributed by atoms with Gasteiger partial charge in [0.15, 0.2) is 11.6 Å². The van der Waals surface area contributed by atoms with Gasteiger partial charge in [0.25, 0.3) is 0 Å². The van der Waals surface area contributed by atoms with Crippen LogP contribution in [0.25, 0.3) is 5.70 Å². The van der Waals surface area contributed by atoms with Gasteiger partial charge in [-0.05, 0) is 25.6 Å². The lowest BCUT2D eigenvalue weighted by Crippen LogP contribution is -2.42. The van der Waals surface area contributed by atoms with Gasteiger partial charge in [-0.2, -0.15) is 0 Å². The standard InChI is InChI=1S/C18H20N4O2S/c1-5-14(23)17-16(13-9-7-11(3)8-10-13)22(15(24)6-2)21-12(4)19-20-18(21)25-17/h7-10H,5-6H2,1-4H3. The number of carbonyl (C=O) groups is 2. The van der Waals surface area contributed by atoms with E-state index in [0.717, 1.165) is 11.1 Å². The Morgan fingerprint density at radius 2 is 1.72 bits per heavy atom. The lowest BCUT2D eigenvalue weighted by Gasteiger charge is -2.32. The highest BCUT2D eigenvalue weighted by Gasteiger charge is 2.35. The van der Waals surface area contributed by atoms with Gasteiger partial charge >= 0.3 is 0 Å². The second kappa shape index (κ2) is 6.84. The Morgan fingerprint density at radius 1 is 1.04 bits per heavy atom. The van der Waals surface area contributed by atoms with Gasteiger partial charge in [-0.25, -0.2) is 9.69 Å². The van der Waals surface area contributed by atoms with E-state index in [1.807, 2.05) is 38.1 Å². The molecule has 0 radical (unpaired) electrons. The summed E-state index contributed by atoms with van der Waals surface area (Å²) in [6, 6.07) is 7.83. The van der Waals surface area contributed by atoms with E-state index in [-0.39, 0.29) is 11.7 Å². The van der Waals surface area contributed by atoms with Gasteiger partial charge in [0, 0.05) is 18.4 Å². The highest BCUT2D eigenvalue weighted by Crippen LogP contribution is 2.40. The molecular weight excluding hydrogens is 336 g/mol. The number of hydrogen-bond acceptors (Lipinski definition) is 5. The van der Waals surface area contributed by atoms with E-state index in [9.17, 15) is 9.59 Å². The van der Waals surface area contributed by atoms with Crippen LogP contribution in [0.15, 0.2) is 34.3 Å². The molecule has 7 heteroatoms. The molecule has 1 aliphatic rings. The summed E-state index contributed by atoms with van der Waals surface area (Å²) in [4.78, 5) is 25.9. The molecule has 1 aromatic heterocycles. The van der Waals surface area contributed by atoms with Crippen LogP contribution < -0.4 is 5.01 Å². The van der Waals surface area contributed by atoms with E-state index < -0.39 is 0 Å². The van der Waals surface area contributed by atoms with E-state index >= 15 is 0 Å². The number of aromatic nitrogens is 3. The molecule has 2 heterocycles. The average molecular weight is 356 g/mol. The summed E-state index contributed by atoms with van der Waals surface area (Å²) < 4.78 is 1.69. The Bertz CT molecular complexity index is 868. The van der Waals surface area contributed by atoms with Crippen molar-refractivity contribution in [2.75, 3.05) is 5.01 Å². The highest BCUT2D eigenvalue weighted by atomic mass is 32.2. The summed E-state index contributed by atoms with van der Waals surface area (Å²) in [6.45, 7) is 7.42. The Hall–Kier alpha value is -2.41. The van der Waals surface area contributed by atoms with Gasteiger partial charge in [0.2, 0.25) is 11.1 Å². The molecule has 0 unspecified atom stereocenters. The smallest absolute Gasteiger partial charge is 0.246 e. The van der Waals surface area contributed by atoms with Crippen LogP contribution in [-0.4, -0.2) is 26.6 Å². The number of fused-ring (bicyclic) bond motifs is 1. The number of Topliss-reactive ketones (excluding diaryl/α,β-unsaturated/α-hetero) is 1. The van der Waals surface area contributed by atoms with Gasteiger partial charge in [-0.15, -0.1) is 10.2 Å². The summed E-state index contributed by atoms with van der Waals surface area (Å²) in [7, 11) is 0. The molecule has 0 N–H and O–H groups in total. The number of ketones is 1. The summed E-state index contributed by atoms with van der Waals surface area (Å²) in [5.74, 6) is 0.486. The molecule has 130 valence electrons. The maximum Gasteiger partial charge on any atom is 0.246 e. The number of amides is 1. The minimum Gasteiger partial charge on any atom is -0.294 e. The molecule has 0 saturated heterocycles. The third kappa shape index (κ3) is 3.00. The van der Waals surface area contributed by atoms with Crippen LogP contribution in [0, 0.1) is 13.8 Å². The summed E-state index contributed by atoms with van der Waals surface area (Å²) in [6.07, 6.45) is 0.670. The predicted molar refractivity (Wildman–Crippen MR) is 97.5 cm³/mol. The minimum absolute atomic E-state index is 0.0126. The molecule has 1 aromatic carbocycles. The van der Waals surface area contributed by atoms with E-state index in [2.05, 4.69) is 10.2 Å². The first-order chi connectivity index (χ1) is 12.0. The molecule has 0 spiro atoms. The van der Waals surface area contributed by atoms with Crippen LogP contribution in [0.5, 0.6) is 0 Å². The lowest BCUT2D eigenvalue weighted by molar-refractivity contribution is -0.119. The Balaban J connectivity index is 2.29. The van der Waals surface area contributed by atoms with Gasteiger partial charge in [-0.1, -0.05) is 43.7 Å². The number of benzene rings is 1. The van der Waals surface area contributed by atoms with E-state index in [1.54, 1.807) is 23.5 Å². The molecule has 2 aromatic rings. The first-order valence-electron chi connectivity index (χ1n) is 8.25. The molecule has 25 heavy (non-hydrogen) atoms. The van der Waals surface area contributed by atoms with Gasteiger partial charge < -0.3 is 0 Å². The van der Waals surface area contributed by atoms with Crippen molar-refractivity contribution in [1.29, 1.82) is 0 Å². The number of allylic oxidation sites excluding steroid dienone is 1. The fraction of sp³-hybridized carbons (Fsp3) is 0.333. The third-order valence-electron chi connectivity index (χ3n) is 4.03. The van der Waals surface area contributed by atoms with E-state index in [1.165, 1.54) is 11.8 Å². The van der Waals surface area contributed by atoms with Crippen LogP contribution in [0.4, 0.5) is 0 Å². The quantitative estimate of drug-likeness (QED) is 0.841. The van der Waals surface area contributed by atoms with Crippen LogP contribution in [0.3, 0.4) is 0 Å². The molecule has 1 aliphatic heterocycles. The van der Waals surface area contributed by atoms with Gasteiger partial charge in [-0.3, -0.25) is 9.59 Å². The van der Waals surface area contributed by atoms with Crippen molar-refractivity contribution in [3.8, 4) is 0 Å². The number of hydrogen-bond donors (Lipinski definition) is 0. The summed E-state index contributed by atoms with van der Waals surface area (Å²) in [5.41, 5.74) is 2.56. The Labute approximate surface area is 150 Å². The molecule has 0 aliphatic carbocycles. The molecule has 6 nitrogen and oxygen atoms in total. The molecule has 3 rings (SSSR count). The molecule has 1 amide bonds. The van der Waals surface area contributed by atoms with Crippen molar-refractivity contribution >= 4 is 29.1 Å². The van der Waals surface area contributed by atoms with Gasteiger partial charge in [0.1, 0.15) is 0 Å². The molecule has 0 atom stereocenters. The first kappa shape index (κ1) is 17.4. The molecule has 0 bridgehead atoms. The zero-order chi connectivity index (χ0) is 18.1. The van der Waals surface area contributed by atoms with Crippen molar-refractivity contribution in [2.24, 2.45) is 0 Å². The van der Waals surface area contributed by atoms with Crippen molar-refractivity contribution in [2.45, 2.75) is 45.7 Å². The maximum atomic E-state index is 12.8. The van der Waals surface area contributed by atoms with Crippen LogP contribution >= 0.6 is 11.8 Å². The largest absolute Gasteiger partial charge is 0.294 e. The van der Waals surface area contributed by atoms with Crippen LogP contribution in [0.2, 0.25) is 0 Å². The molecular formula is C18H20N4O2S. The fourth-order valence-electron chi connectivity index (χ4n) is 2.67. The topological polar surface area (TPSA) is 68.1 Å². The van der Waals surface area contributed by atoms with E-state index in [4.69, 9.17) is 0 Å². The second-order valence-corrected chi connectivity index (χ2v) is 6.80. The second-order valence-electron chi connectivity index (χ2n) is 5.82. The van der Waals surface area contributed by atoms with Crippen molar-refractivity contribution < 1.29 is 9.59 Å². The van der Waals surface area contributed by atoms with Crippen LogP contribution in [-0.2, 0) is 9.59 Å². The zero-order valence-electron chi connectivity index (χ0n) is 14.7. The number of thioether (sulfide) groups is 1. The molecule has 0 fully saturated rings. The molecule has 0 saturated carbocycles. The van der Waals surface area contributed by atoms with Crippen LogP contribution in [0.1, 0.15) is 43.6 Å². The van der Waals surface area contributed by atoms with Gasteiger partial charge in [0.05, 0.1) is 10.6 Å². The zero-order valence-corrected chi connectivity index (χ0v) is 15.6. The fourth-order valence-corrected chi connectivity index (χ4v) is 3.79. The summed E-state index contributed by atoms with van der Waals surface area (Å²) in [5, 5.41) is 10.3. The predicted octanol–water partition coefficient (Wildman–Crippen LogP) is 3.22. The SMILES string of the molecule is CCC(=O)C1=C(c2ccc(C)cc2)N(C(=O)CC)n2c(C)nnc2S1. The number of carbonyl (C=O) groups excluding carboxylic acids is 2. The first-order valence-corrected chi connectivity index (χ1v) is 9.07. The highest BCUT2D eigenvalue weighted by molar-refractivity contribution is 8.04. The number of rotatable bonds is 4. The maximum absolute atomic E-state index is 12.8. The Morgan fingerprint density at radius 3 is 2.32 bits per heavy atom. The summed E-state index contributed by atoms with van der Waals surface area (Å²) >= 11 is 1.27. The van der Waals surface area contributed by atoms with Crippen molar-refractivity contribution in [1.82, 2.24) is 14.9 Å². The monoisotopic (exact) mass is 356 g/mol. The minimum atomic E-state index is -0.110. The van der Waals surface area contributed by atoms with Crippen molar-refractivity contribution in [3.63, 3.8) is 0 Å². The number of nitrogens with zero attached hydrogens (tertiary/aromatic N) is 4.